The maximum absolute atomic E-state index is 6.13. The highest BCUT2D eigenvalue weighted by molar-refractivity contribution is 7.08. The first-order valence-corrected chi connectivity index (χ1v) is 9.71. The molecule has 0 saturated heterocycles. The Hall–Kier alpha value is -1.94. The molecule has 3 aromatic rings. The van der Waals surface area contributed by atoms with Crippen molar-refractivity contribution in [1.29, 1.82) is 0 Å². The Kier molecular flexibility index (Phi) is 4.97. The Labute approximate surface area is 153 Å². The lowest BCUT2D eigenvalue weighted by Crippen LogP contribution is -2.37. The zero-order valence-electron chi connectivity index (χ0n) is 14.5. The predicted molar refractivity (Wildman–Crippen MR) is 105 cm³/mol. The van der Waals surface area contributed by atoms with E-state index >= 15 is 0 Å². The molecule has 1 aromatic heterocycles. The van der Waals surface area contributed by atoms with Gasteiger partial charge in [-0.2, -0.15) is 11.3 Å². The second kappa shape index (κ2) is 7.52. The van der Waals surface area contributed by atoms with Gasteiger partial charge in [-0.3, -0.25) is 4.90 Å². The molecule has 2 heterocycles. The molecule has 2 nitrogen and oxygen atoms in total. The number of fused-ring (bicyclic) bond motifs is 3. The molecule has 0 amide bonds. The van der Waals surface area contributed by atoms with Crippen LogP contribution in [0.2, 0.25) is 0 Å². The standard InChI is InChI=1S/C22H23NOS/c1-23-12-18-9-5-6-10-21(18)22-16-25-15-19(22)13-24-14-20(23)11-17-7-3-2-4-8-17/h2-10,15-16,20H,11-14H2,1H3. The SMILES string of the molecule is CN1Cc2ccccc2-c2cscc2COCC1Cc1ccccc1. The monoisotopic (exact) mass is 349 g/mol. The van der Waals surface area contributed by atoms with Crippen LogP contribution in [0.5, 0.6) is 0 Å². The first kappa shape index (κ1) is 16.5. The van der Waals surface area contributed by atoms with Crippen molar-refractivity contribution in [3.8, 4) is 11.1 Å². The first-order valence-electron chi connectivity index (χ1n) is 8.76. The number of hydrogen-bond donors (Lipinski definition) is 0. The van der Waals surface area contributed by atoms with Gasteiger partial charge in [-0.05, 0) is 52.0 Å². The van der Waals surface area contributed by atoms with Crippen molar-refractivity contribution in [3.05, 3.63) is 82.0 Å². The maximum Gasteiger partial charge on any atom is 0.0731 e. The predicted octanol–water partition coefficient (Wildman–Crippen LogP) is 4.99. The van der Waals surface area contributed by atoms with Crippen LogP contribution in [0.4, 0.5) is 0 Å². The van der Waals surface area contributed by atoms with Crippen LogP contribution in [0.25, 0.3) is 11.1 Å². The van der Waals surface area contributed by atoms with Gasteiger partial charge in [0.2, 0.25) is 0 Å². The Morgan fingerprint density at radius 1 is 0.960 bits per heavy atom. The van der Waals surface area contributed by atoms with Crippen molar-refractivity contribution in [3.63, 3.8) is 0 Å². The molecule has 1 aliphatic heterocycles. The molecule has 25 heavy (non-hydrogen) atoms. The van der Waals surface area contributed by atoms with Crippen molar-refractivity contribution in [2.45, 2.75) is 25.6 Å². The minimum atomic E-state index is 0.371. The lowest BCUT2D eigenvalue weighted by Gasteiger charge is -2.30. The fourth-order valence-electron chi connectivity index (χ4n) is 3.52. The second-order valence-electron chi connectivity index (χ2n) is 6.74. The summed E-state index contributed by atoms with van der Waals surface area (Å²) >= 11 is 1.76. The average Bonchev–Trinajstić information content (AvgIpc) is 3.10. The molecular weight excluding hydrogens is 326 g/mol. The molecule has 0 aliphatic carbocycles. The summed E-state index contributed by atoms with van der Waals surface area (Å²) in [6, 6.07) is 19.9. The third-order valence-electron chi connectivity index (χ3n) is 4.97. The summed E-state index contributed by atoms with van der Waals surface area (Å²) in [5, 5.41) is 4.48. The minimum absolute atomic E-state index is 0.371. The van der Waals surface area contributed by atoms with Gasteiger partial charge in [0.25, 0.3) is 0 Å². The zero-order valence-corrected chi connectivity index (χ0v) is 15.3. The molecule has 0 bridgehead atoms. The van der Waals surface area contributed by atoms with E-state index in [2.05, 4.69) is 77.3 Å². The number of benzene rings is 2. The number of rotatable bonds is 2. The van der Waals surface area contributed by atoms with Gasteiger partial charge in [-0.1, -0.05) is 54.6 Å². The zero-order chi connectivity index (χ0) is 17.1. The third kappa shape index (κ3) is 3.69. The largest absolute Gasteiger partial charge is 0.375 e. The number of likely N-dealkylation sites (N-methyl/N-ethyl adjacent to an activating group) is 1. The van der Waals surface area contributed by atoms with Crippen LogP contribution in [-0.4, -0.2) is 24.6 Å². The average molecular weight is 349 g/mol. The van der Waals surface area contributed by atoms with Crippen LogP contribution in [0.3, 0.4) is 0 Å². The van der Waals surface area contributed by atoms with Crippen molar-refractivity contribution >= 4 is 11.3 Å². The minimum Gasteiger partial charge on any atom is -0.375 e. The molecule has 0 N–H and O–H groups in total. The number of ether oxygens (including phenoxy) is 1. The Balaban J connectivity index is 1.65. The fourth-order valence-corrected chi connectivity index (χ4v) is 4.37. The van der Waals surface area contributed by atoms with Gasteiger partial charge in [0.1, 0.15) is 0 Å². The summed E-state index contributed by atoms with van der Waals surface area (Å²) in [6.07, 6.45) is 1.01. The van der Waals surface area contributed by atoms with E-state index in [1.54, 1.807) is 11.3 Å². The Morgan fingerprint density at radius 3 is 2.64 bits per heavy atom. The lowest BCUT2D eigenvalue weighted by atomic mass is 9.97. The van der Waals surface area contributed by atoms with Crippen molar-refractivity contribution < 1.29 is 4.74 Å². The van der Waals surface area contributed by atoms with Crippen molar-refractivity contribution in [2.24, 2.45) is 0 Å². The summed E-state index contributed by atoms with van der Waals surface area (Å²) in [6.45, 7) is 2.38. The molecule has 4 rings (SSSR count). The van der Waals surface area contributed by atoms with Crippen LogP contribution in [0.15, 0.2) is 65.4 Å². The number of nitrogens with zero attached hydrogens (tertiary/aromatic N) is 1. The van der Waals surface area contributed by atoms with Crippen molar-refractivity contribution in [2.75, 3.05) is 13.7 Å². The molecule has 128 valence electrons. The molecule has 3 heteroatoms. The Morgan fingerprint density at radius 2 is 1.76 bits per heavy atom. The lowest BCUT2D eigenvalue weighted by molar-refractivity contribution is 0.0572. The molecule has 0 spiro atoms. The number of thiophene rings is 1. The quantitative estimate of drug-likeness (QED) is 0.646. The topological polar surface area (TPSA) is 12.5 Å². The van der Waals surface area contributed by atoms with Gasteiger partial charge < -0.3 is 4.74 Å². The smallest absolute Gasteiger partial charge is 0.0731 e. The summed E-state index contributed by atoms with van der Waals surface area (Å²) in [5.74, 6) is 0. The summed E-state index contributed by atoms with van der Waals surface area (Å²) < 4.78 is 6.13. The van der Waals surface area contributed by atoms with Crippen LogP contribution < -0.4 is 0 Å². The fraction of sp³-hybridized carbons (Fsp3) is 0.273. The highest BCUT2D eigenvalue weighted by Crippen LogP contribution is 2.32. The molecule has 1 unspecified atom stereocenters. The van der Waals surface area contributed by atoms with Gasteiger partial charge in [0.05, 0.1) is 13.2 Å². The van der Waals surface area contributed by atoms with Gasteiger partial charge in [0.15, 0.2) is 0 Å². The molecule has 2 aromatic carbocycles. The van der Waals surface area contributed by atoms with Crippen LogP contribution in [0.1, 0.15) is 16.7 Å². The van der Waals surface area contributed by atoms with Crippen LogP contribution in [-0.2, 0) is 24.3 Å². The van der Waals surface area contributed by atoms with E-state index in [4.69, 9.17) is 4.74 Å². The number of hydrogen-bond acceptors (Lipinski definition) is 3. The summed E-state index contributed by atoms with van der Waals surface area (Å²) in [7, 11) is 2.21. The molecular formula is C22H23NOS. The van der Waals surface area contributed by atoms with E-state index in [-0.39, 0.29) is 0 Å². The maximum atomic E-state index is 6.13. The van der Waals surface area contributed by atoms with E-state index in [0.29, 0.717) is 12.6 Å². The normalized spacial score (nSPS) is 18.4. The summed E-state index contributed by atoms with van der Waals surface area (Å²) in [5.41, 5.74) is 6.74. The third-order valence-corrected chi connectivity index (χ3v) is 5.77. The molecule has 1 atom stereocenters. The van der Waals surface area contributed by atoms with Gasteiger partial charge >= 0.3 is 0 Å². The highest BCUT2D eigenvalue weighted by atomic mass is 32.1. The molecule has 0 radical (unpaired) electrons. The van der Waals surface area contributed by atoms with Crippen LogP contribution in [0, 0.1) is 0 Å². The summed E-state index contributed by atoms with van der Waals surface area (Å²) in [4.78, 5) is 2.43. The Bertz CT molecular complexity index is 827. The molecule has 0 fully saturated rings. The van der Waals surface area contributed by atoms with Gasteiger partial charge in [-0.15, -0.1) is 0 Å². The van der Waals surface area contributed by atoms with Crippen LogP contribution >= 0.6 is 11.3 Å². The highest BCUT2D eigenvalue weighted by Gasteiger charge is 2.20. The second-order valence-corrected chi connectivity index (χ2v) is 7.49. The van der Waals surface area contributed by atoms with Gasteiger partial charge in [-0.25, -0.2) is 0 Å². The van der Waals surface area contributed by atoms with E-state index in [1.807, 2.05) is 0 Å². The van der Waals surface area contributed by atoms with E-state index < -0.39 is 0 Å². The first-order chi connectivity index (χ1) is 12.3. The van der Waals surface area contributed by atoms with E-state index in [9.17, 15) is 0 Å². The van der Waals surface area contributed by atoms with Gasteiger partial charge in [0, 0.05) is 12.6 Å². The van der Waals surface area contributed by atoms with E-state index in [0.717, 1.165) is 19.6 Å². The van der Waals surface area contributed by atoms with E-state index in [1.165, 1.54) is 27.8 Å². The molecule has 1 aliphatic rings. The van der Waals surface area contributed by atoms with Crippen molar-refractivity contribution in [1.82, 2.24) is 4.90 Å². The molecule has 0 saturated carbocycles.